The smallest absolute Gasteiger partial charge is 0.350 e. The van der Waals surface area contributed by atoms with Crippen LogP contribution in [0.3, 0.4) is 0 Å². The molecule has 0 aliphatic heterocycles. The van der Waals surface area contributed by atoms with Crippen LogP contribution in [0.4, 0.5) is 0 Å². The van der Waals surface area contributed by atoms with Crippen LogP contribution in [0.15, 0.2) is 27.8 Å². The lowest BCUT2D eigenvalue weighted by Gasteiger charge is -1.97. The van der Waals surface area contributed by atoms with Crippen LogP contribution in [0, 0.1) is 11.8 Å². The third-order valence-electron chi connectivity index (χ3n) is 1.94. The van der Waals surface area contributed by atoms with E-state index in [4.69, 9.17) is 5.11 Å². The Kier molecular flexibility index (Phi) is 2.89. The minimum absolute atomic E-state index is 0.169. The van der Waals surface area contributed by atoms with Crippen LogP contribution in [0.5, 0.6) is 0 Å². The van der Waals surface area contributed by atoms with E-state index in [-0.39, 0.29) is 12.4 Å². The van der Waals surface area contributed by atoms with Crippen LogP contribution in [0.1, 0.15) is 5.69 Å². The highest BCUT2D eigenvalue weighted by Gasteiger charge is 2.06. The summed E-state index contributed by atoms with van der Waals surface area (Å²) in [5, 5.41) is 12.9. The largest absolute Gasteiger partial charge is 0.384 e. The molecule has 0 unspecified atom stereocenters. The van der Waals surface area contributed by atoms with Crippen molar-refractivity contribution in [1.29, 1.82) is 0 Å². The van der Waals surface area contributed by atoms with Crippen molar-refractivity contribution in [2.75, 3.05) is 6.61 Å². The molecule has 3 N–H and O–H groups in total. The molecule has 0 aliphatic rings. The van der Waals surface area contributed by atoms with Gasteiger partial charge in [-0.25, -0.2) is 24.8 Å². The molecule has 0 aliphatic carbocycles. The van der Waals surface area contributed by atoms with Gasteiger partial charge in [0.1, 0.15) is 18.1 Å². The Balaban J connectivity index is 2.54. The van der Waals surface area contributed by atoms with Crippen LogP contribution in [0.2, 0.25) is 0 Å². The van der Waals surface area contributed by atoms with Gasteiger partial charge in [-0.1, -0.05) is 12.0 Å². The summed E-state index contributed by atoms with van der Waals surface area (Å²) in [7, 11) is 0. The zero-order valence-corrected chi connectivity index (χ0v) is 8.60. The lowest BCUT2D eigenvalue weighted by Crippen LogP contribution is -2.25. The van der Waals surface area contributed by atoms with Gasteiger partial charge in [0.25, 0.3) is 0 Å². The van der Waals surface area contributed by atoms with Crippen molar-refractivity contribution in [2.45, 2.75) is 0 Å². The molecule has 0 saturated carbocycles. The number of aliphatic hydroxyl groups is 1. The van der Waals surface area contributed by atoms with Crippen molar-refractivity contribution < 1.29 is 5.11 Å². The van der Waals surface area contributed by atoms with Crippen molar-refractivity contribution in [3.63, 3.8) is 0 Å². The standard InChI is InChI=1S/C10H8N4O3/c15-6-2-4-7-3-1-5-8(11-7)14-9(16)12-13-10(14)17/h1,3,5,15H,6H2,(H,12,16)(H,13,17). The van der Waals surface area contributed by atoms with Gasteiger partial charge in [-0.15, -0.1) is 0 Å². The quantitative estimate of drug-likeness (QED) is 0.525. The van der Waals surface area contributed by atoms with Gasteiger partial charge >= 0.3 is 11.4 Å². The van der Waals surface area contributed by atoms with Crippen molar-refractivity contribution in [2.24, 2.45) is 0 Å². The Morgan fingerprint density at radius 2 is 2.00 bits per heavy atom. The third kappa shape index (κ3) is 2.16. The highest BCUT2D eigenvalue weighted by atomic mass is 16.2. The first kappa shape index (κ1) is 10.9. The molecule has 2 rings (SSSR count). The normalized spacial score (nSPS) is 9.71. The zero-order valence-electron chi connectivity index (χ0n) is 8.60. The molecule has 7 heteroatoms. The number of hydrogen-bond donors (Lipinski definition) is 3. The summed E-state index contributed by atoms with van der Waals surface area (Å²) in [4.78, 5) is 26.7. The summed E-state index contributed by atoms with van der Waals surface area (Å²) in [6, 6.07) is 4.73. The Labute approximate surface area is 94.7 Å². The average Bonchev–Trinajstić information content (AvgIpc) is 2.67. The van der Waals surface area contributed by atoms with Gasteiger partial charge < -0.3 is 5.11 Å². The van der Waals surface area contributed by atoms with Crippen LogP contribution in [-0.2, 0) is 0 Å². The number of hydrogen-bond acceptors (Lipinski definition) is 4. The van der Waals surface area contributed by atoms with E-state index in [2.05, 4.69) is 27.0 Å². The zero-order chi connectivity index (χ0) is 12.3. The molecule has 0 amide bonds. The Bertz CT molecular complexity index is 671. The van der Waals surface area contributed by atoms with Gasteiger partial charge in [0, 0.05) is 0 Å². The van der Waals surface area contributed by atoms with E-state index < -0.39 is 11.4 Å². The van der Waals surface area contributed by atoms with Gasteiger partial charge in [-0.05, 0) is 18.1 Å². The number of aliphatic hydroxyl groups excluding tert-OH is 1. The fourth-order valence-corrected chi connectivity index (χ4v) is 1.27. The molecule has 0 spiro atoms. The maximum absolute atomic E-state index is 11.3. The van der Waals surface area contributed by atoms with E-state index in [1.807, 2.05) is 0 Å². The predicted octanol–water partition coefficient (Wildman–Crippen LogP) is -1.41. The fraction of sp³-hybridized carbons (Fsp3) is 0.100. The van der Waals surface area contributed by atoms with Gasteiger partial charge in [0.2, 0.25) is 0 Å². The van der Waals surface area contributed by atoms with Gasteiger partial charge in [0.15, 0.2) is 0 Å². The summed E-state index contributed by atoms with van der Waals surface area (Å²) in [5.74, 6) is 5.18. The van der Waals surface area contributed by atoms with E-state index in [0.717, 1.165) is 4.57 Å². The number of aromatic amines is 2. The predicted molar refractivity (Wildman–Crippen MR) is 58.8 cm³/mol. The first-order valence-corrected chi connectivity index (χ1v) is 4.69. The molecule has 0 saturated heterocycles. The molecule has 0 fully saturated rings. The first-order valence-electron chi connectivity index (χ1n) is 4.69. The van der Waals surface area contributed by atoms with E-state index in [0.29, 0.717) is 5.69 Å². The van der Waals surface area contributed by atoms with Gasteiger partial charge in [-0.3, -0.25) is 0 Å². The molecular weight excluding hydrogens is 224 g/mol. The van der Waals surface area contributed by atoms with Crippen LogP contribution < -0.4 is 11.4 Å². The molecule has 2 aromatic rings. The summed E-state index contributed by atoms with van der Waals surface area (Å²) in [6.45, 7) is -0.281. The van der Waals surface area contributed by atoms with Crippen LogP contribution in [-0.4, -0.2) is 31.5 Å². The number of H-pyrrole nitrogens is 2. The molecule has 2 heterocycles. The SMILES string of the molecule is O=c1[nH][nH]c(=O)n1-c1cccc(C#CCO)n1. The second kappa shape index (κ2) is 4.51. The fourth-order valence-electron chi connectivity index (χ4n) is 1.27. The molecule has 0 atom stereocenters. The second-order valence-corrected chi connectivity index (χ2v) is 3.04. The minimum Gasteiger partial charge on any atom is -0.384 e. The topological polar surface area (TPSA) is 104 Å². The van der Waals surface area contributed by atoms with E-state index in [9.17, 15) is 9.59 Å². The summed E-state index contributed by atoms with van der Waals surface area (Å²) < 4.78 is 0.851. The summed E-state index contributed by atoms with van der Waals surface area (Å²) >= 11 is 0. The third-order valence-corrected chi connectivity index (χ3v) is 1.94. The number of aromatic nitrogens is 4. The molecule has 7 nitrogen and oxygen atoms in total. The molecule has 0 radical (unpaired) electrons. The van der Waals surface area contributed by atoms with E-state index >= 15 is 0 Å². The summed E-state index contributed by atoms with van der Waals surface area (Å²) in [5.41, 5.74) is -0.839. The summed E-state index contributed by atoms with van der Waals surface area (Å²) in [6.07, 6.45) is 0. The molecule has 0 aromatic carbocycles. The maximum atomic E-state index is 11.3. The Morgan fingerprint density at radius 1 is 1.29 bits per heavy atom. The second-order valence-electron chi connectivity index (χ2n) is 3.04. The van der Waals surface area contributed by atoms with Crippen LogP contribution >= 0.6 is 0 Å². The number of nitrogens with one attached hydrogen (secondary N) is 2. The molecule has 17 heavy (non-hydrogen) atoms. The number of nitrogens with zero attached hydrogens (tertiary/aromatic N) is 2. The first-order chi connectivity index (χ1) is 8.22. The molecular formula is C10H8N4O3. The van der Waals surface area contributed by atoms with Gasteiger partial charge in [0.05, 0.1) is 0 Å². The van der Waals surface area contributed by atoms with E-state index in [1.165, 1.54) is 6.07 Å². The molecule has 86 valence electrons. The highest BCUT2D eigenvalue weighted by molar-refractivity contribution is 5.33. The van der Waals surface area contributed by atoms with Gasteiger partial charge in [-0.2, -0.15) is 4.57 Å². The molecule has 2 aromatic heterocycles. The molecule has 0 bridgehead atoms. The maximum Gasteiger partial charge on any atom is 0.350 e. The van der Waals surface area contributed by atoms with Crippen molar-refractivity contribution in [3.8, 4) is 17.7 Å². The lowest BCUT2D eigenvalue weighted by molar-refractivity contribution is 0.350. The Morgan fingerprint density at radius 3 is 2.65 bits per heavy atom. The average molecular weight is 232 g/mol. The minimum atomic E-state index is -0.602. The lowest BCUT2D eigenvalue weighted by atomic mass is 10.3. The number of pyridine rings is 1. The monoisotopic (exact) mass is 232 g/mol. The van der Waals surface area contributed by atoms with Crippen molar-refractivity contribution >= 4 is 0 Å². The van der Waals surface area contributed by atoms with Crippen LogP contribution in [0.25, 0.3) is 5.82 Å². The highest BCUT2D eigenvalue weighted by Crippen LogP contribution is 1.99. The van der Waals surface area contributed by atoms with Crippen molar-refractivity contribution in [3.05, 3.63) is 44.9 Å². The number of rotatable bonds is 1. The Hall–Kier alpha value is -2.59. The van der Waals surface area contributed by atoms with Crippen molar-refractivity contribution in [1.82, 2.24) is 19.7 Å². The van der Waals surface area contributed by atoms with E-state index in [1.54, 1.807) is 12.1 Å².